The molecule has 122 valence electrons. The van der Waals surface area contributed by atoms with Crippen LogP contribution in [0.5, 0.6) is 0 Å². The number of carbonyl (C=O) groups excluding carboxylic acids is 1. The Morgan fingerprint density at radius 3 is 2.75 bits per heavy atom. The van der Waals surface area contributed by atoms with Crippen LogP contribution in [0, 0.1) is 13.8 Å². The average Bonchev–Trinajstić information content (AvgIpc) is 3.01. The number of hydrogen-bond donors (Lipinski definition) is 0. The fourth-order valence-electron chi connectivity index (χ4n) is 2.57. The number of carbonyl (C=O) groups is 1. The molecule has 0 fully saturated rings. The molecule has 3 rings (SSSR count). The molecule has 0 spiro atoms. The van der Waals surface area contributed by atoms with E-state index < -0.39 is 0 Å². The van der Waals surface area contributed by atoms with Gasteiger partial charge in [-0.3, -0.25) is 9.78 Å². The number of aromatic nitrogens is 2. The molecule has 4 nitrogen and oxygen atoms in total. The summed E-state index contributed by atoms with van der Waals surface area (Å²) in [5.41, 5.74) is 4.11. The lowest BCUT2D eigenvalue weighted by molar-refractivity contribution is 0.0979. The Balaban J connectivity index is 1.68. The summed E-state index contributed by atoms with van der Waals surface area (Å²) in [6.07, 6.45) is 0.895. The highest BCUT2D eigenvalue weighted by atomic mass is 79.9. The number of halogens is 1. The molecule has 0 atom stereocenters. The van der Waals surface area contributed by atoms with Crippen molar-refractivity contribution in [1.82, 2.24) is 10.1 Å². The van der Waals surface area contributed by atoms with E-state index in [4.69, 9.17) is 4.52 Å². The van der Waals surface area contributed by atoms with E-state index in [0.29, 0.717) is 24.2 Å². The van der Waals surface area contributed by atoms with Crippen molar-refractivity contribution in [2.75, 3.05) is 0 Å². The molecule has 0 bridgehead atoms. The molecule has 0 saturated heterocycles. The van der Waals surface area contributed by atoms with E-state index in [1.165, 1.54) is 0 Å². The summed E-state index contributed by atoms with van der Waals surface area (Å²) in [7, 11) is 0. The van der Waals surface area contributed by atoms with Gasteiger partial charge in [-0.25, -0.2) is 0 Å². The molecule has 2 aromatic heterocycles. The second-order valence-corrected chi connectivity index (χ2v) is 6.61. The van der Waals surface area contributed by atoms with Crippen LogP contribution in [0.25, 0.3) is 11.3 Å². The molecule has 0 unspecified atom stereocenters. The maximum Gasteiger partial charge on any atom is 0.165 e. The van der Waals surface area contributed by atoms with Crippen LogP contribution in [-0.4, -0.2) is 15.9 Å². The van der Waals surface area contributed by atoms with Crippen LogP contribution in [0.15, 0.2) is 51.5 Å². The SMILES string of the molecule is Cc1ccc(C(=O)CCc2cc(-c3cccc(Br)c3)no2)c(C)n1. The maximum atomic E-state index is 12.4. The van der Waals surface area contributed by atoms with E-state index in [-0.39, 0.29) is 5.78 Å². The molecule has 2 heterocycles. The second kappa shape index (κ2) is 7.09. The minimum absolute atomic E-state index is 0.0698. The van der Waals surface area contributed by atoms with E-state index in [1.807, 2.05) is 56.3 Å². The maximum absolute atomic E-state index is 12.4. The highest BCUT2D eigenvalue weighted by Gasteiger charge is 2.13. The van der Waals surface area contributed by atoms with Gasteiger partial charge in [0, 0.05) is 45.9 Å². The van der Waals surface area contributed by atoms with Gasteiger partial charge in [-0.05, 0) is 38.1 Å². The van der Waals surface area contributed by atoms with Crippen LogP contribution in [0.4, 0.5) is 0 Å². The molecular formula is C19H17BrN2O2. The van der Waals surface area contributed by atoms with Gasteiger partial charge < -0.3 is 4.52 Å². The van der Waals surface area contributed by atoms with Crippen molar-refractivity contribution in [3.8, 4) is 11.3 Å². The van der Waals surface area contributed by atoms with Crippen molar-refractivity contribution in [2.24, 2.45) is 0 Å². The fourth-order valence-corrected chi connectivity index (χ4v) is 2.97. The quantitative estimate of drug-likeness (QED) is 0.585. The van der Waals surface area contributed by atoms with E-state index >= 15 is 0 Å². The Morgan fingerprint density at radius 2 is 2.00 bits per heavy atom. The Hall–Kier alpha value is -2.27. The molecule has 0 aliphatic carbocycles. The molecule has 0 aliphatic rings. The lowest BCUT2D eigenvalue weighted by Gasteiger charge is -2.04. The second-order valence-electron chi connectivity index (χ2n) is 5.70. The zero-order chi connectivity index (χ0) is 17.1. The molecule has 1 aromatic carbocycles. The number of hydrogen-bond acceptors (Lipinski definition) is 4. The molecule has 24 heavy (non-hydrogen) atoms. The van der Waals surface area contributed by atoms with E-state index in [1.54, 1.807) is 0 Å². The molecule has 0 radical (unpaired) electrons. The first-order valence-electron chi connectivity index (χ1n) is 7.72. The third kappa shape index (κ3) is 3.79. The lowest BCUT2D eigenvalue weighted by atomic mass is 10.0. The van der Waals surface area contributed by atoms with Crippen LogP contribution in [-0.2, 0) is 6.42 Å². The minimum Gasteiger partial charge on any atom is -0.361 e. The number of nitrogens with zero attached hydrogens (tertiary/aromatic N) is 2. The number of benzene rings is 1. The molecular weight excluding hydrogens is 368 g/mol. The van der Waals surface area contributed by atoms with Crippen LogP contribution in [0.2, 0.25) is 0 Å². The Kier molecular flexibility index (Phi) is 4.90. The molecule has 0 N–H and O–H groups in total. The number of rotatable bonds is 5. The van der Waals surface area contributed by atoms with E-state index in [0.717, 1.165) is 27.1 Å². The summed E-state index contributed by atoms with van der Waals surface area (Å²) in [6.45, 7) is 3.78. The third-order valence-electron chi connectivity index (χ3n) is 3.80. The van der Waals surface area contributed by atoms with E-state index in [2.05, 4.69) is 26.1 Å². The Morgan fingerprint density at radius 1 is 1.17 bits per heavy atom. The normalized spacial score (nSPS) is 10.8. The van der Waals surface area contributed by atoms with Gasteiger partial charge in [0.25, 0.3) is 0 Å². The molecule has 5 heteroatoms. The summed E-state index contributed by atoms with van der Waals surface area (Å²) in [5, 5.41) is 4.09. The van der Waals surface area contributed by atoms with Crippen molar-refractivity contribution in [3.63, 3.8) is 0 Å². The van der Waals surface area contributed by atoms with Gasteiger partial charge in [-0.2, -0.15) is 0 Å². The summed E-state index contributed by atoms with van der Waals surface area (Å²) in [4.78, 5) is 16.7. The van der Waals surface area contributed by atoms with Gasteiger partial charge in [-0.1, -0.05) is 33.2 Å². The van der Waals surface area contributed by atoms with Crippen LogP contribution >= 0.6 is 15.9 Å². The smallest absolute Gasteiger partial charge is 0.165 e. The van der Waals surface area contributed by atoms with Gasteiger partial charge >= 0.3 is 0 Å². The summed E-state index contributed by atoms with van der Waals surface area (Å²) in [5.74, 6) is 0.774. The topological polar surface area (TPSA) is 56.0 Å². The van der Waals surface area contributed by atoms with Crippen LogP contribution < -0.4 is 0 Å². The van der Waals surface area contributed by atoms with Crippen molar-refractivity contribution in [3.05, 3.63) is 69.6 Å². The largest absolute Gasteiger partial charge is 0.361 e. The molecule has 0 amide bonds. The third-order valence-corrected chi connectivity index (χ3v) is 4.30. The zero-order valence-electron chi connectivity index (χ0n) is 13.5. The molecule has 3 aromatic rings. The molecule has 0 aliphatic heterocycles. The average molecular weight is 385 g/mol. The predicted octanol–water partition coefficient (Wildman–Crippen LogP) is 4.93. The number of aryl methyl sites for hydroxylation is 3. The monoisotopic (exact) mass is 384 g/mol. The van der Waals surface area contributed by atoms with Crippen LogP contribution in [0.1, 0.15) is 33.9 Å². The first-order chi connectivity index (χ1) is 11.5. The summed E-state index contributed by atoms with van der Waals surface area (Å²) < 4.78 is 6.35. The Bertz CT molecular complexity index is 887. The van der Waals surface area contributed by atoms with Gasteiger partial charge in [0.05, 0.1) is 0 Å². The van der Waals surface area contributed by atoms with Gasteiger partial charge in [0.2, 0.25) is 0 Å². The molecule has 0 saturated carbocycles. The van der Waals surface area contributed by atoms with Gasteiger partial charge in [0.15, 0.2) is 5.78 Å². The zero-order valence-corrected chi connectivity index (χ0v) is 15.1. The lowest BCUT2D eigenvalue weighted by Crippen LogP contribution is -2.05. The minimum atomic E-state index is 0.0698. The fraction of sp³-hybridized carbons (Fsp3) is 0.211. The van der Waals surface area contributed by atoms with Crippen molar-refractivity contribution < 1.29 is 9.32 Å². The van der Waals surface area contributed by atoms with Crippen molar-refractivity contribution >= 4 is 21.7 Å². The van der Waals surface area contributed by atoms with Crippen molar-refractivity contribution in [1.29, 1.82) is 0 Å². The predicted molar refractivity (Wildman–Crippen MR) is 96.0 cm³/mol. The summed E-state index contributed by atoms with van der Waals surface area (Å²) >= 11 is 3.44. The van der Waals surface area contributed by atoms with Crippen LogP contribution in [0.3, 0.4) is 0 Å². The number of pyridine rings is 1. The van der Waals surface area contributed by atoms with E-state index in [9.17, 15) is 4.79 Å². The Labute approximate surface area is 149 Å². The highest BCUT2D eigenvalue weighted by Crippen LogP contribution is 2.23. The van der Waals surface area contributed by atoms with Crippen molar-refractivity contribution in [2.45, 2.75) is 26.7 Å². The summed E-state index contributed by atoms with van der Waals surface area (Å²) in [6, 6.07) is 13.4. The first kappa shape index (κ1) is 16.6. The van der Waals surface area contributed by atoms with Gasteiger partial charge in [-0.15, -0.1) is 0 Å². The van der Waals surface area contributed by atoms with Gasteiger partial charge in [0.1, 0.15) is 11.5 Å². The first-order valence-corrected chi connectivity index (χ1v) is 8.51. The standard InChI is InChI=1S/C19H17BrN2O2/c1-12-6-8-17(13(2)21-12)19(23)9-7-16-11-18(22-24-16)14-4-3-5-15(20)10-14/h3-6,8,10-11H,7,9H2,1-2H3. The number of Topliss-reactive ketones (excluding diaryl/α,β-unsaturated/α-hetero) is 1. The number of ketones is 1. The highest BCUT2D eigenvalue weighted by molar-refractivity contribution is 9.10.